The highest BCUT2D eigenvalue weighted by atomic mass is 79.9. The van der Waals surface area contributed by atoms with Gasteiger partial charge in [0.1, 0.15) is 4.88 Å². The molecule has 0 aliphatic heterocycles. The summed E-state index contributed by atoms with van der Waals surface area (Å²) in [6.45, 7) is 0. The molecule has 0 bridgehead atoms. The lowest BCUT2D eigenvalue weighted by atomic mass is 10.3. The van der Waals surface area contributed by atoms with Crippen LogP contribution >= 0.6 is 43.2 Å². The van der Waals surface area contributed by atoms with E-state index in [1.807, 2.05) is 6.07 Å². The van der Waals surface area contributed by atoms with Crippen molar-refractivity contribution in [2.75, 3.05) is 0 Å². The summed E-state index contributed by atoms with van der Waals surface area (Å²) in [6, 6.07) is 1.81. The molecule has 1 N–H and O–H groups in total. The third-order valence-electron chi connectivity index (χ3n) is 1.12. The first-order valence-electron chi connectivity index (χ1n) is 2.72. The number of halogens is 2. The Hall–Kier alpha value is 0.130. The fourth-order valence-electron chi connectivity index (χ4n) is 0.675. The van der Waals surface area contributed by atoms with Gasteiger partial charge in [0.15, 0.2) is 0 Å². The molecular formula is C6H4Br2O2S. The molecule has 0 aliphatic rings. The number of hydrogen-bond acceptors (Lipinski definition) is 2. The Morgan fingerprint density at radius 3 is 2.73 bits per heavy atom. The third kappa shape index (κ3) is 2.04. The molecule has 1 heterocycles. The predicted octanol–water partition coefficient (Wildman–Crippen LogP) is 3.10. The second kappa shape index (κ2) is 3.69. The molecule has 0 aromatic carbocycles. The zero-order chi connectivity index (χ0) is 8.43. The lowest BCUT2D eigenvalue weighted by Crippen LogP contribution is -1.94. The summed E-state index contributed by atoms with van der Waals surface area (Å²) in [5, 5.41) is 9.26. The normalized spacial score (nSPS) is 10.0. The zero-order valence-corrected chi connectivity index (χ0v) is 9.29. The van der Waals surface area contributed by atoms with Crippen molar-refractivity contribution in [1.82, 2.24) is 0 Å². The number of aromatic carboxylic acids is 1. The molecule has 60 valence electrons. The van der Waals surface area contributed by atoms with Gasteiger partial charge < -0.3 is 5.11 Å². The number of carboxylic acids is 1. The molecule has 5 heteroatoms. The summed E-state index contributed by atoms with van der Waals surface area (Å²) in [7, 11) is 0. The van der Waals surface area contributed by atoms with E-state index in [0.29, 0.717) is 10.2 Å². The minimum atomic E-state index is -0.866. The Bertz CT molecular complexity index is 282. The molecule has 0 saturated heterocycles. The SMILES string of the molecule is O=C(O)c1sc(Br)cc1CBr. The van der Waals surface area contributed by atoms with Gasteiger partial charge >= 0.3 is 5.97 Å². The van der Waals surface area contributed by atoms with Crippen LogP contribution in [-0.4, -0.2) is 11.1 Å². The van der Waals surface area contributed by atoms with Crippen LogP contribution in [0.25, 0.3) is 0 Å². The van der Waals surface area contributed by atoms with E-state index in [1.165, 1.54) is 11.3 Å². The van der Waals surface area contributed by atoms with Crippen molar-refractivity contribution in [1.29, 1.82) is 0 Å². The van der Waals surface area contributed by atoms with E-state index in [9.17, 15) is 4.79 Å². The van der Waals surface area contributed by atoms with Gasteiger partial charge in [-0.25, -0.2) is 4.79 Å². The second-order valence-electron chi connectivity index (χ2n) is 1.84. The minimum absolute atomic E-state index is 0.397. The van der Waals surface area contributed by atoms with Crippen molar-refractivity contribution in [3.63, 3.8) is 0 Å². The van der Waals surface area contributed by atoms with E-state index in [1.54, 1.807) is 0 Å². The summed E-state index contributed by atoms with van der Waals surface area (Å²) in [5.74, 6) is -0.866. The van der Waals surface area contributed by atoms with Gasteiger partial charge in [0, 0.05) is 5.33 Å². The van der Waals surface area contributed by atoms with Gasteiger partial charge in [-0.2, -0.15) is 0 Å². The quantitative estimate of drug-likeness (QED) is 0.852. The van der Waals surface area contributed by atoms with Crippen molar-refractivity contribution >= 4 is 49.2 Å². The summed E-state index contributed by atoms with van der Waals surface area (Å²) in [4.78, 5) is 11.0. The van der Waals surface area contributed by atoms with Crippen LogP contribution < -0.4 is 0 Å². The highest BCUT2D eigenvalue weighted by Gasteiger charge is 2.12. The Kier molecular flexibility index (Phi) is 3.09. The number of hydrogen-bond donors (Lipinski definition) is 1. The molecular weight excluding hydrogens is 296 g/mol. The van der Waals surface area contributed by atoms with Gasteiger partial charge in [0.2, 0.25) is 0 Å². The maximum atomic E-state index is 10.6. The van der Waals surface area contributed by atoms with Gasteiger partial charge in [-0.05, 0) is 27.6 Å². The van der Waals surface area contributed by atoms with Gasteiger partial charge in [-0.1, -0.05) is 15.9 Å². The van der Waals surface area contributed by atoms with E-state index >= 15 is 0 Å². The molecule has 1 rings (SSSR count). The lowest BCUT2D eigenvalue weighted by Gasteiger charge is -1.90. The van der Waals surface area contributed by atoms with Crippen molar-refractivity contribution in [2.24, 2.45) is 0 Å². The van der Waals surface area contributed by atoms with Gasteiger partial charge in [0.25, 0.3) is 0 Å². The average molecular weight is 300 g/mol. The number of rotatable bonds is 2. The number of carbonyl (C=O) groups is 1. The van der Waals surface area contributed by atoms with Crippen LogP contribution in [0.1, 0.15) is 15.2 Å². The Balaban J connectivity index is 3.12. The molecule has 0 spiro atoms. The summed E-state index contributed by atoms with van der Waals surface area (Å²) < 4.78 is 0.851. The Labute approximate surface area is 84.5 Å². The lowest BCUT2D eigenvalue weighted by molar-refractivity contribution is 0.0701. The van der Waals surface area contributed by atoms with E-state index in [2.05, 4.69) is 31.9 Å². The van der Waals surface area contributed by atoms with E-state index in [4.69, 9.17) is 5.11 Å². The molecule has 0 saturated carbocycles. The van der Waals surface area contributed by atoms with E-state index < -0.39 is 5.97 Å². The number of alkyl halides is 1. The molecule has 0 radical (unpaired) electrons. The first kappa shape index (κ1) is 9.22. The highest BCUT2D eigenvalue weighted by molar-refractivity contribution is 9.11. The van der Waals surface area contributed by atoms with Crippen LogP contribution in [0.5, 0.6) is 0 Å². The molecule has 0 amide bonds. The smallest absolute Gasteiger partial charge is 0.346 e. The van der Waals surface area contributed by atoms with Gasteiger partial charge in [0.05, 0.1) is 3.79 Å². The Morgan fingerprint density at radius 1 is 1.73 bits per heavy atom. The van der Waals surface area contributed by atoms with Crippen LogP contribution in [0.3, 0.4) is 0 Å². The number of thiophene rings is 1. The highest BCUT2D eigenvalue weighted by Crippen LogP contribution is 2.28. The molecule has 11 heavy (non-hydrogen) atoms. The van der Waals surface area contributed by atoms with Crippen LogP contribution in [0.2, 0.25) is 0 Å². The fourth-order valence-corrected chi connectivity index (χ4v) is 2.81. The first-order chi connectivity index (χ1) is 5.15. The zero-order valence-electron chi connectivity index (χ0n) is 5.30. The van der Waals surface area contributed by atoms with Crippen molar-refractivity contribution < 1.29 is 9.90 Å². The monoisotopic (exact) mass is 298 g/mol. The summed E-state index contributed by atoms with van der Waals surface area (Å²) in [5.41, 5.74) is 0.814. The minimum Gasteiger partial charge on any atom is -0.477 e. The van der Waals surface area contributed by atoms with E-state index in [-0.39, 0.29) is 0 Å². The Morgan fingerprint density at radius 2 is 2.36 bits per heavy atom. The maximum absolute atomic E-state index is 10.6. The fraction of sp³-hybridized carbons (Fsp3) is 0.167. The second-order valence-corrected chi connectivity index (χ2v) is 4.84. The van der Waals surface area contributed by atoms with Crippen LogP contribution in [-0.2, 0) is 5.33 Å². The van der Waals surface area contributed by atoms with Crippen molar-refractivity contribution in [3.8, 4) is 0 Å². The van der Waals surface area contributed by atoms with Crippen LogP contribution in [0.4, 0.5) is 0 Å². The van der Waals surface area contributed by atoms with Crippen LogP contribution in [0.15, 0.2) is 9.85 Å². The maximum Gasteiger partial charge on any atom is 0.346 e. The standard InChI is InChI=1S/C6H4Br2O2S/c7-2-3-1-4(8)11-5(3)6(9)10/h1H,2H2,(H,9,10). The largest absolute Gasteiger partial charge is 0.477 e. The molecule has 1 aromatic heterocycles. The summed E-state index contributed by atoms with van der Waals surface area (Å²) in [6.07, 6.45) is 0. The topological polar surface area (TPSA) is 37.3 Å². The summed E-state index contributed by atoms with van der Waals surface area (Å²) >= 11 is 7.67. The van der Waals surface area contributed by atoms with Crippen molar-refractivity contribution in [3.05, 3.63) is 20.3 Å². The molecule has 0 atom stereocenters. The first-order valence-corrected chi connectivity index (χ1v) is 5.45. The predicted molar refractivity (Wildman–Crippen MR) is 51.6 cm³/mol. The van der Waals surface area contributed by atoms with Gasteiger partial charge in [-0.15, -0.1) is 11.3 Å². The third-order valence-corrected chi connectivity index (χ3v) is 3.39. The molecule has 0 fully saturated rings. The van der Waals surface area contributed by atoms with Crippen LogP contribution in [0, 0.1) is 0 Å². The van der Waals surface area contributed by atoms with E-state index in [0.717, 1.165) is 9.35 Å². The van der Waals surface area contributed by atoms with Crippen molar-refractivity contribution in [2.45, 2.75) is 5.33 Å². The molecule has 1 aromatic rings. The molecule has 0 unspecified atom stereocenters. The molecule has 0 aliphatic carbocycles. The van der Waals surface area contributed by atoms with Gasteiger partial charge in [-0.3, -0.25) is 0 Å². The number of carboxylic acid groups (broad SMARTS) is 1. The molecule has 2 nitrogen and oxygen atoms in total. The average Bonchev–Trinajstić information content (AvgIpc) is 2.30.